The third-order valence-corrected chi connectivity index (χ3v) is 2.64. The van der Waals surface area contributed by atoms with E-state index in [0.717, 1.165) is 0 Å². The monoisotopic (exact) mass is 230 g/mol. The summed E-state index contributed by atoms with van der Waals surface area (Å²) in [5, 5.41) is 1.60. The first-order valence-corrected chi connectivity index (χ1v) is 6.79. The van der Waals surface area contributed by atoms with Crippen LogP contribution in [0.2, 0.25) is 5.02 Å². The zero-order chi connectivity index (χ0) is 10.8. The molecule has 0 spiro atoms. The number of hydrogen-bond donors (Lipinski definition) is 0. The van der Waals surface area contributed by atoms with Crippen molar-refractivity contribution in [2.24, 2.45) is 0 Å². The minimum Gasteiger partial charge on any atom is -0.289 e. The highest BCUT2D eigenvalue weighted by atomic mass is 35.5. The molecule has 1 rings (SSSR count). The number of rotatable bonds is 2. The lowest BCUT2D eigenvalue weighted by Crippen LogP contribution is -2.09. The maximum absolute atomic E-state index is 11.6. The van der Waals surface area contributed by atoms with Gasteiger partial charge < -0.3 is 0 Å². The van der Waals surface area contributed by atoms with Crippen LogP contribution in [-0.4, -0.2) is 27.9 Å². The Morgan fingerprint density at radius 2 is 1.93 bits per heavy atom. The van der Waals surface area contributed by atoms with Crippen molar-refractivity contribution in [2.45, 2.75) is 0 Å². The van der Waals surface area contributed by atoms with Gasteiger partial charge in [0.05, 0.1) is 5.02 Å². The molecule has 1 aromatic carbocycles. The van der Waals surface area contributed by atoms with Gasteiger partial charge in [-0.25, -0.2) is 0 Å². The Bertz CT molecular complexity index is 463. The van der Waals surface area contributed by atoms with Crippen LogP contribution in [0, 0.1) is 0 Å². The Morgan fingerprint density at radius 3 is 2.43 bits per heavy atom. The maximum Gasteiger partial charge on any atom is 0.195 e. The number of carbonyl (C=O) groups excluding carboxylic acids is 1. The topological polar surface area (TPSA) is 34.1 Å². The van der Waals surface area contributed by atoms with Crippen molar-refractivity contribution in [3.8, 4) is 0 Å². The third kappa shape index (κ3) is 3.16. The van der Waals surface area contributed by atoms with Gasteiger partial charge in [0.1, 0.15) is 0 Å². The van der Waals surface area contributed by atoms with Crippen molar-refractivity contribution in [2.75, 3.05) is 12.5 Å². The summed E-state index contributed by atoms with van der Waals surface area (Å²) >= 11 is 5.81. The summed E-state index contributed by atoms with van der Waals surface area (Å²) in [6.45, 7) is 0. The van der Waals surface area contributed by atoms with E-state index in [2.05, 4.69) is 0 Å². The van der Waals surface area contributed by atoms with Crippen molar-refractivity contribution in [3.05, 3.63) is 34.9 Å². The first kappa shape index (κ1) is 11.3. The molecular weight excluding hydrogens is 220 g/mol. The van der Waals surface area contributed by atoms with E-state index in [-0.39, 0.29) is 5.78 Å². The minimum atomic E-state index is -2.17. The molecule has 0 fully saturated rings. The van der Waals surface area contributed by atoms with Gasteiger partial charge >= 0.3 is 0 Å². The Labute approximate surface area is 88.9 Å². The molecule has 0 heterocycles. The van der Waals surface area contributed by atoms with Gasteiger partial charge in [-0.05, 0) is 21.7 Å². The van der Waals surface area contributed by atoms with Crippen LogP contribution in [-0.2, 0) is 9.52 Å². The Morgan fingerprint density at radius 1 is 1.36 bits per heavy atom. The van der Waals surface area contributed by atoms with Crippen LogP contribution >= 0.6 is 11.6 Å². The van der Waals surface area contributed by atoms with Crippen LogP contribution in [0.25, 0.3) is 0 Å². The van der Waals surface area contributed by atoms with Crippen molar-refractivity contribution >= 4 is 32.3 Å². The predicted octanol–water partition coefficient (Wildman–Crippen LogP) is 1.87. The van der Waals surface area contributed by atoms with E-state index in [1.807, 2.05) is 0 Å². The van der Waals surface area contributed by atoms with Gasteiger partial charge in [0.15, 0.2) is 5.78 Å². The molecule has 14 heavy (non-hydrogen) atoms. The molecule has 0 saturated heterocycles. The summed E-state index contributed by atoms with van der Waals surface area (Å²) in [4.78, 5) is 11.6. The quantitative estimate of drug-likeness (QED) is 0.574. The fraction of sp³-hybridized carbons (Fsp3) is 0.200. The second-order valence-electron chi connectivity index (χ2n) is 3.27. The summed E-state index contributed by atoms with van der Waals surface area (Å²) in [7, 11) is -2.17. The van der Waals surface area contributed by atoms with E-state index < -0.39 is 9.52 Å². The molecule has 0 radical (unpaired) electrons. The number of Topliss-reactive ketones (excluding diaryl/α,β-unsaturated/α-hetero) is 1. The Hall–Kier alpha value is -0.800. The molecule has 0 bridgehead atoms. The zero-order valence-electron chi connectivity index (χ0n) is 7.99. The van der Waals surface area contributed by atoms with Gasteiger partial charge in [-0.15, -0.1) is 0 Å². The van der Waals surface area contributed by atoms with E-state index >= 15 is 0 Å². The zero-order valence-corrected chi connectivity index (χ0v) is 9.56. The van der Waals surface area contributed by atoms with E-state index in [9.17, 15) is 9.00 Å². The number of halogens is 1. The minimum absolute atomic E-state index is 0.286. The largest absolute Gasteiger partial charge is 0.289 e. The molecule has 0 aliphatic rings. The molecule has 0 N–H and O–H groups in total. The summed E-state index contributed by atoms with van der Waals surface area (Å²) in [5.41, 5.74) is 0.394. The maximum atomic E-state index is 11.6. The summed E-state index contributed by atoms with van der Waals surface area (Å²) in [6.07, 6.45) is 3.03. The smallest absolute Gasteiger partial charge is 0.195 e. The standard InChI is InChI=1S/C10H11ClO2S/c1-14(2,13)7-10(12)8-5-3-4-6-9(8)11/h3-7H,1-2H3. The fourth-order valence-electron chi connectivity index (χ4n) is 0.982. The SMILES string of the molecule is CS(C)(=O)=CC(=O)c1ccccc1Cl. The van der Waals surface area contributed by atoms with Gasteiger partial charge in [0.25, 0.3) is 0 Å². The van der Waals surface area contributed by atoms with Crippen molar-refractivity contribution in [1.82, 2.24) is 0 Å². The molecule has 0 aliphatic carbocycles. The summed E-state index contributed by atoms with van der Waals surface area (Å²) < 4.78 is 11.4. The molecule has 0 aliphatic heterocycles. The highest BCUT2D eigenvalue weighted by Gasteiger charge is 2.07. The van der Waals surface area contributed by atoms with Crippen molar-refractivity contribution in [3.63, 3.8) is 0 Å². The van der Waals surface area contributed by atoms with Gasteiger partial charge in [-0.2, -0.15) is 0 Å². The normalized spacial score (nSPS) is 11.1. The van der Waals surface area contributed by atoms with Crippen LogP contribution in [0.3, 0.4) is 0 Å². The first-order valence-electron chi connectivity index (χ1n) is 3.98. The van der Waals surface area contributed by atoms with Crippen molar-refractivity contribution in [1.29, 1.82) is 0 Å². The van der Waals surface area contributed by atoms with Gasteiger partial charge in [0.2, 0.25) is 0 Å². The van der Waals surface area contributed by atoms with Crippen LogP contribution in [0.4, 0.5) is 0 Å². The van der Waals surface area contributed by atoms with E-state index in [1.54, 1.807) is 24.3 Å². The van der Waals surface area contributed by atoms with Crippen molar-refractivity contribution < 1.29 is 9.00 Å². The van der Waals surface area contributed by atoms with Gasteiger partial charge in [0, 0.05) is 23.4 Å². The highest BCUT2D eigenvalue weighted by Crippen LogP contribution is 2.14. The Kier molecular flexibility index (Phi) is 3.34. The molecule has 4 heteroatoms. The molecule has 0 aromatic heterocycles. The van der Waals surface area contributed by atoms with Crippen LogP contribution in [0.15, 0.2) is 24.3 Å². The second-order valence-corrected chi connectivity index (χ2v) is 6.53. The number of hydrogen-bond acceptors (Lipinski definition) is 2. The second kappa shape index (κ2) is 4.15. The molecule has 0 atom stereocenters. The number of ketones is 1. The molecule has 1 aromatic rings. The van der Waals surface area contributed by atoms with Gasteiger partial charge in [-0.3, -0.25) is 9.00 Å². The Balaban J connectivity index is 3.16. The first-order chi connectivity index (χ1) is 6.40. The molecule has 2 nitrogen and oxygen atoms in total. The van der Waals surface area contributed by atoms with E-state index in [4.69, 9.17) is 11.6 Å². The average Bonchev–Trinajstić information content (AvgIpc) is 2.01. The predicted molar refractivity (Wildman–Crippen MR) is 61.8 cm³/mol. The lowest BCUT2D eigenvalue weighted by Gasteiger charge is -1.99. The third-order valence-electron chi connectivity index (χ3n) is 1.53. The van der Waals surface area contributed by atoms with Gasteiger partial charge in [-0.1, -0.05) is 23.7 Å². The summed E-state index contributed by atoms with van der Waals surface area (Å²) in [6, 6.07) is 6.72. The van der Waals surface area contributed by atoms with Crippen LogP contribution in [0.1, 0.15) is 10.4 Å². The van der Waals surface area contributed by atoms with E-state index in [0.29, 0.717) is 10.6 Å². The van der Waals surface area contributed by atoms with E-state index in [1.165, 1.54) is 17.9 Å². The molecule has 76 valence electrons. The number of benzene rings is 1. The van der Waals surface area contributed by atoms with Crippen LogP contribution in [0.5, 0.6) is 0 Å². The highest BCUT2D eigenvalue weighted by molar-refractivity contribution is 8.01. The van der Waals surface area contributed by atoms with Crippen LogP contribution < -0.4 is 0 Å². The molecular formula is C10H11ClO2S. The average molecular weight is 231 g/mol. The number of carbonyl (C=O) groups is 1. The molecule has 0 saturated carbocycles. The fourth-order valence-corrected chi connectivity index (χ4v) is 1.85. The molecule has 0 amide bonds. The summed E-state index contributed by atoms with van der Waals surface area (Å²) in [5.74, 6) is -0.286. The lowest BCUT2D eigenvalue weighted by atomic mass is 10.1. The molecule has 0 unspecified atom stereocenters. The lowest BCUT2D eigenvalue weighted by molar-refractivity contribution is 0.107.